The Morgan fingerprint density at radius 3 is 2.81 bits per heavy atom. The standard InChI is InChI=1S/C24H27FN6O/c1-16-4-2-3-5-18(16)15-26-23(32)11-10-22-27-28-24-21-14-20(17-6-8-19(25)9-7-17)29-31(21)13-12-30(22)24/h2-9,12-13,20-21,24,28-29H,10-11,14-15H2,1H3,(H,26,32). The first-order valence-electron chi connectivity index (χ1n) is 11.0. The molecule has 0 aromatic heterocycles. The summed E-state index contributed by atoms with van der Waals surface area (Å²) in [7, 11) is 0. The quantitative estimate of drug-likeness (QED) is 0.652. The van der Waals surface area contributed by atoms with Crippen LogP contribution in [-0.2, 0) is 11.3 Å². The monoisotopic (exact) mass is 434 g/mol. The topological polar surface area (TPSA) is 72.0 Å². The van der Waals surface area contributed by atoms with Crippen LogP contribution in [0, 0.1) is 12.7 Å². The van der Waals surface area contributed by atoms with Crippen molar-refractivity contribution in [2.75, 3.05) is 0 Å². The molecule has 8 heteroatoms. The number of hydrogen-bond donors (Lipinski definition) is 3. The van der Waals surface area contributed by atoms with E-state index in [1.54, 1.807) is 0 Å². The van der Waals surface area contributed by atoms with Crippen LogP contribution in [0.2, 0.25) is 0 Å². The van der Waals surface area contributed by atoms with E-state index in [1.807, 2.05) is 55.7 Å². The van der Waals surface area contributed by atoms with E-state index in [0.717, 1.165) is 23.4 Å². The molecule has 3 aliphatic heterocycles. The summed E-state index contributed by atoms with van der Waals surface area (Å²) in [5.41, 5.74) is 10.1. The highest BCUT2D eigenvalue weighted by molar-refractivity contribution is 5.89. The number of amidine groups is 1. The van der Waals surface area contributed by atoms with Crippen LogP contribution in [0.3, 0.4) is 0 Å². The second kappa shape index (κ2) is 8.63. The Kier molecular flexibility index (Phi) is 5.53. The number of benzene rings is 2. The summed E-state index contributed by atoms with van der Waals surface area (Å²) in [6, 6.07) is 15.0. The van der Waals surface area contributed by atoms with Gasteiger partial charge < -0.3 is 15.2 Å². The number of rotatable bonds is 6. The van der Waals surface area contributed by atoms with Gasteiger partial charge in [0, 0.05) is 31.8 Å². The molecule has 0 saturated carbocycles. The SMILES string of the molecule is Cc1ccccc1CNC(=O)CCC1=NNC2C3CC(c4ccc(F)cc4)NN3C=CN12. The minimum absolute atomic E-state index is 0.00276. The van der Waals surface area contributed by atoms with Crippen molar-refractivity contribution in [3.63, 3.8) is 0 Å². The zero-order valence-corrected chi connectivity index (χ0v) is 18.0. The fraction of sp³-hybridized carbons (Fsp3) is 0.333. The van der Waals surface area contributed by atoms with E-state index in [9.17, 15) is 9.18 Å². The molecule has 1 fully saturated rings. The van der Waals surface area contributed by atoms with Crippen molar-refractivity contribution in [3.8, 4) is 0 Å². The Bertz CT molecular complexity index is 1050. The lowest BCUT2D eigenvalue weighted by atomic mass is 9.99. The van der Waals surface area contributed by atoms with Crippen molar-refractivity contribution in [3.05, 3.63) is 83.4 Å². The highest BCUT2D eigenvalue weighted by Crippen LogP contribution is 2.34. The number of carbonyl (C=O) groups excluding carboxylic acids is 1. The number of hydrazone groups is 1. The average Bonchev–Trinajstić information content (AvgIpc) is 3.41. The van der Waals surface area contributed by atoms with Crippen molar-refractivity contribution in [1.29, 1.82) is 0 Å². The number of nitrogens with one attached hydrogen (secondary N) is 3. The molecule has 0 bridgehead atoms. The average molecular weight is 435 g/mol. The van der Waals surface area contributed by atoms with Crippen molar-refractivity contribution in [2.24, 2.45) is 5.10 Å². The molecule has 7 nitrogen and oxygen atoms in total. The van der Waals surface area contributed by atoms with Crippen molar-refractivity contribution >= 4 is 11.7 Å². The van der Waals surface area contributed by atoms with Crippen LogP contribution in [0.1, 0.15) is 42.0 Å². The van der Waals surface area contributed by atoms with Crippen LogP contribution in [0.5, 0.6) is 0 Å². The molecular formula is C24H27FN6O. The summed E-state index contributed by atoms with van der Waals surface area (Å²) < 4.78 is 13.3. The molecule has 3 N–H and O–H groups in total. The third-order valence-electron chi connectivity index (χ3n) is 6.40. The molecule has 0 aliphatic carbocycles. The smallest absolute Gasteiger partial charge is 0.220 e. The Labute approximate surface area is 186 Å². The highest BCUT2D eigenvalue weighted by Gasteiger charge is 2.44. The summed E-state index contributed by atoms with van der Waals surface area (Å²) in [6.07, 6.45) is 5.81. The molecule has 3 heterocycles. The molecule has 3 aliphatic rings. The molecule has 2 aromatic carbocycles. The van der Waals surface area contributed by atoms with E-state index < -0.39 is 0 Å². The van der Waals surface area contributed by atoms with Crippen LogP contribution >= 0.6 is 0 Å². The zero-order chi connectivity index (χ0) is 22.1. The minimum atomic E-state index is -0.228. The molecule has 5 rings (SSSR count). The summed E-state index contributed by atoms with van der Waals surface area (Å²) in [5, 5.41) is 9.61. The van der Waals surface area contributed by atoms with E-state index in [2.05, 4.69) is 31.2 Å². The van der Waals surface area contributed by atoms with Gasteiger partial charge >= 0.3 is 0 Å². The third kappa shape index (κ3) is 4.05. The Morgan fingerprint density at radius 2 is 2.00 bits per heavy atom. The first kappa shape index (κ1) is 20.5. The Hall–Kier alpha value is -3.39. The summed E-state index contributed by atoms with van der Waals surface area (Å²) in [6.45, 7) is 2.58. The van der Waals surface area contributed by atoms with Gasteiger partial charge in [-0.25, -0.2) is 9.82 Å². The minimum Gasteiger partial charge on any atom is -0.352 e. The molecule has 0 spiro atoms. The summed E-state index contributed by atoms with van der Waals surface area (Å²) in [5.74, 6) is 0.650. The molecule has 3 unspecified atom stereocenters. The van der Waals surface area contributed by atoms with E-state index >= 15 is 0 Å². The predicted molar refractivity (Wildman–Crippen MR) is 120 cm³/mol. The third-order valence-corrected chi connectivity index (χ3v) is 6.40. The van der Waals surface area contributed by atoms with Gasteiger partial charge in [0.1, 0.15) is 17.8 Å². The largest absolute Gasteiger partial charge is 0.352 e. The zero-order valence-electron chi connectivity index (χ0n) is 18.0. The van der Waals surface area contributed by atoms with E-state index in [4.69, 9.17) is 0 Å². The van der Waals surface area contributed by atoms with Gasteiger partial charge in [0.05, 0.1) is 12.1 Å². The lowest BCUT2D eigenvalue weighted by Crippen LogP contribution is -2.54. The fourth-order valence-corrected chi connectivity index (χ4v) is 4.54. The van der Waals surface area contributed by atoms with Crippen LogP contribution in [0.25, 0.3) is 0 Å². The predicted octanol–water partition coefficient (Wildman–Crippen LogP) is 2.88. The number of fused-ring (bicyclic) bond motifs is 3. The maximum atomic E-state index is 13.3. The number of halogens is 1. The number of carbonyl (C=O) groups is 1. The maximum Gasteiger partial charge on any atom is 0.220 e. The van der Waals surface area contributed by atoms with Gasteiger partial charge in [-0.2, -0.15) is 5.10 Å². The van der Waals surface area contributed by atoms with Crippen LogP contribution < -0.4 is 16.2 Å². The maximum absolute atomic E-state index is 13.3. The Morgan fingerprint density at radius 1 is 1.19 bits per heavy atom. The highest BCUT2D eigenvalue weighted by atomic mass is 19.1. The molecular weight excluding hydrogens is 407 g/mol. The number of amides is 1. The van der Waals surface area contributed by atoms with Crippen LogP contribution in [0.4, 0.5) is 4.39 Å². The summed E-state index contributed by atoms with van der Waals surface area (Å²) >= 11 is 0. The molecule has 3 atom stereocenters. The Balaban J connectivity index is 1.15. The molecule has 166 valence electrons. The fourth-order valence-electron chi connectivity index (χ4n) is 4.54. The van der Waals surface area contributed by atoms with Crippen LogP contribution in [-0.4, -0.2) is 33.9 Å². The van der Waals surface area contributed by atoms with Gasteiger partial charge in [-0.05, 0) is 42.2 Å². The first-order valence-corrected chi connectivity index (χ1v) is 11.0. The number of aryl methyl sites for hydroxylation is 1. The molecule has 1 amide bonds. The van der Waals surface area contributed by atoms with Gasteiger partial charge in [0.2, 0.25) is 5.91 Å². The number of nitrogens with zero attached hydrogens (tertiary/aromatic N) is 3. The van der Waals surface area contributed by atoms with Gasteiger partial charge in [0.25, 0.3) is 0 Å². The second-order valence-corrected chi connectivity index (χ2v) is 8.45. The molecule has 2 aromatic rings. The lowest BCUT2D eigenvalue weighted by molar-refractivity contribution is -0.121. The van der Waals surface area contributed by atoms with Gasteiger partial charge in [-0.1, -0.05) is 36.4 Å². The number of hydrazine groups is 1. The molecule has 0 radical (unpaired) electrons. The van der Waals surface area contributed by atoms with E-state index in [0.29, 0.717) is 19.4 Å². The van der Waals surface area contributed by atoms with E-state index in [-0.39, 0.29) is 30.0 Å². The molecule has 1 saturated heterocycles. The van der Waals surface area contributed by atoms with Gasteiger partial charge in [0.15, 0.2) is 0 Å². The van der Waals surface area contributed by atoms with Gasteiger partial charge in [-0.15, -0.1) is 0 Å². The van der Waals surface area contributed by atoms with Crippen molar-refractivity contribution in [1.82, 2.24) is 26.1 Å². The van der Waals surface area contributed by atoms with Crippen molar-refractivity contribution in [2.45, 2.75) is 51.0 Å². The second-order valence-electron chi connectivity index (χ2n) is 8.45. The first-order chi connectivity index (χ1) is 15.6. The van der Waals surface area contributed by atoms with Crippen molar-refractivity contribution < 1.29 is 9.18 Å². The number of hydrogen-bond acceptors (Lipinski definition) is 6. The summed E-state index contributed by atoms with van der Waals surface area (Å²) in [4.78, 5) is 14.5. The molecule has 32 heavy (non-hydrogen) atoms. The lowest BCUT2D eigenvalue weighted by Gasteiger charge is -2.37. The normalized spacial score (nSPS) is 23.4. The van der Waals surface area contributed by atoms with Gasteiger partial charge in [-0.3, -0.25) is 10.2 Å². The van der Waals surface area contributed by atoms with Crippen LogP contribution in [0.15, 0.2) is 66.0 Å². The van der Waals surface area contributed by atoms with E-state index in [1.165, 1.54) is 17.7 Å².